The van der Waals surface area contributed by atoms with E-state index in [2.05, 4.69) is 53.6 Å². The Bertz CT molecular complexity index is 917. The summed E-state index contributed by atoms with van der Waals surface area (Å²) in [7, 11) is 0. The first-order valence-corrected chi connectivity index (χ1v) is 7.06. The molecule has 4 heteroatoms. The average molecular weight is 431 g/mol. The van der Waals surface area contributed by atoms with Gasteiger partial charge in [-0.15, -0.1) is 61.1 Å². The van der Waals surface area contributed by atoms with E-state index in [1.54, 1.807) is 0 Å². The zero-order chi connectivity index (χ0) is 14.1. The summed E-state index contributed by atoms with van der Waals surface area (Å²) in [4.78, 5) is 4.62. The van der Waals surface area contributed by atoms with E-state index < -0.39 is 0 Å². The predicted octanol–water partition coefficient (Wildman–Crippen LogP) is 3.71. The van der Waals surface area contributed by atoms with Crippen LogP contribution in [0.25, 0.3) is 11.6 Å². The smallest absolute Gasteiger partial charge is 0.307 e. The molecular weight excluding hydrogens is 416 g/mol. The van der Waals surface area contributed by atoms with Crippen molar-refractivity contribution in [3.8, 4) is 0 Å². The van der Waals surface area contributed by atoms with E-state index >= 15 is 0 Å². The van der Waals surface area contributed by atoms with Crippen LogP contribution >= 0.6 is 24.8 Å². The van der Waals surface area contributed by atoms with Gasteiger partial charge in [-0.3, -0.25) is 6.08 Å². The minimum Gasteiger partial charge on any atom is -0.307 e. The Morgan fingerprint density at radius 2 is 1.83 bits per heavy atom. The number of fused-ring (bicyclic) bond motifs is 4. The Kier molecular flexibility index (Phi) is 8.09. The molecule has 1 nitrogen and oxygen atoms in total. The van der Waals surface area contributed by atoms with E-state index in [1.807, 2.05) is 30.4 Å². The normalized spacial score (nSPS) is 13.7. The van der Waals surface area contributed by atoms with Crippen molar-refractivity contribution < 1.29 is 26.2 Å². The minimum absolute atomic E-state index is 0. The van der Waals surface area contributed by atoms with Crippen LogP contribution in [0.3, 0.4) is 0 Å². The monoisotopic (exact) mass is 429 g/mol. The van der Waals surface area contributed by atoms with Crippen LogP contribution in [-0.4, -0.2) is 5.71 Å². The first-order chi connectivity index (χ1) is 10.4. The van der Waals surface area contributed by atoms with E-state index in [4.69, 9.17) is 0 Å². The molecule has 5 rings (SSSR count). The number of halogens is 2. The third-order valence-corrected chi connectivity index (χ3v) is 3.69. The molecule has 1 heterocycles. The second-order valence-corrected chi connectivity index (χ2v) is 5.04. The molecule has 0 atom stereocenters. The van der Waals surface area contributed by atoms with Gasteiger partial charge < -0.3 is 4.99 Å². The van der Waals surface area contributed by atoms with Crippen molar-refractivity contribution in [3.05, 3.63) is 88.8 Å². The molecule has 0 saturated heterocycles. The summed E-state index contributed by atoms with van der Waals surface area (Å²) in [6.07, 6.45) is 12.2. The first kappa shape index (κ1) is 20.8. The first-order valence-electron chi connectivity index (χ1n) is 7.06. The largest absolute Gasteiger partial charge is 2.00 e. The van der Waals surface area contributed by atoms with Gasteiger partial charge in [-0.05, 0) is 17.0 Å². The Hall–Kier alpha value is -1.21. The third kappa shape index (κ3) is 3.88. The quantitative estimate of drug-likeness (QED) is 0.564. The number of hydrogen-bond acceptors (Lipinski definition) is 1. The molecule has 0 bridgehead atoms. The fraction of sp³-hybridized carbons (Fsp3) is 0.0500. The molecule has 2 aromatic carbocycles. The Balaban J connectivity index is 0.000000317. The maximum Gasteiger partial charge on any atom is 2.00 e. The summed E-state index contributed by atoms with van der Waals surface area (Å²) in [5, 5.41) is 2.54. The van der Waals surface area contributed by atoms with E-state index in [0.29, 0.717) is 0 Å². The van der Waals surface area contributed by atoms with Crippen LogP contribution in [0.5, 0.6) is 0 Å². The number of allylic oxidation sites excluding steroid dienone is 4. The molecule has 2 aliphatic carbocycles. The van der Waals surface area contributed by atoms with Crippen LogP contribution in [0.1, 0.15) is 12.0 Å². The topological polar surface area (TPSA) is 12.4 Å². The van der Waals surface area contributed by atoms with Crippen LogP contribution in [0.2, 0.25) is 0 Å². The molecule has 1 aliphatic heterocycles. The summed E-state index contributed by atoms with van der Waals surface area (Å²) >= 11 is 0. The number of hydrogen-bond donors (Lipinski definition) is 0. The second kappa shape index (κ2) is 9.32. The number of benzene rings is 2. The SMILES string of the molecule is Cl.Cl.[C-]1=CC=CC1.[Zr+2].[c-]1cccc2c1C1=c3ccccc3=CC1=N2. The van der Waals surface area contributed by atoms with Crippen molar-refractivity contribution in [1.29, 1.82) is 0 Å². The fourth-order valence-corrected chi connectivity index (χ4v) is 2.75. The zero-order valence-electron chi connectivity index (χ0n) is 12.8. The number of rotatable bonds is 0. The Morgan fingerprint density at radius 3 is 2.54 bits per heavy atom. The molecule has 3 aliphatic rings. The molecule has 0 aromatic heterocycles. The van der Waals surface area contributed by atoms with Crippen molar-refractivity contribution in [2.75, 3.05) is 0 Å². The van der Waals surface area contributed by atoms with E-state index in [1.165, 1.54) is 16.0 Å². The number of nitrogens with zero attached hydrogens (tertiary/aromatic N) is 1. The van der Waals surface area contributed by atoms with Crippen LogP contribution in [0.15, 0.2) is 65.7 Å². The Labute approximate surface area is 173 Å². The summed E-state index contributed by atoms with van der Waals surface area (Å²) < 4.78 is 0. The van der Waals surface area contributed by atoms with Gasteiger partial charge in [-0.2, -0.15) is 6.08 Å². The van der Waals surface area contributed by atoms with Crippen molar-refractivity contribution in [3.63, 3.8) is 0 Å². The molecule has 0 unspecified atom stereocenters. The van der Waals surface area contributed by atoms with E-state index in [-0.39, 0.29) is 51.0 Å². The minimum atomic E-state index is 0. The number of aliphatic imine (C=N–C) groups is 1. The maximum absolute atomic E-state index is 4.62. The van der Waals surface area contributed by atoms with Crippen molar-refractivity contribution in [2.24, 2.45) is 4.99 Å². The van der Waals surface area contributed by atoms with Crippen LogP contribution in [0.4, 0.5) is 5.69 Å². The molecule has 0 saturated carbocycles. The van der Waals surface area contributed by atoms with Crippen molar-refractivity contribution in [1.82, 2.24) is 0 Å². The maximum atomic E-state index is 4.62. The molecule has 0 N–H and O–H groups in total. The van der Waals surface area contributed by atoms with Gasteiger partial charge in [0.25, 0.3) is 0 Å². The summed E-state index contributed by atoms with van der Waals surface area (Å²) in [6.45, 7) is 0. The molecule has 0 radical (unpaired) electrons. The zero-order valence-corrected chi connectivity index (χ0v) is 16.9. The van der Waals surface area contributed by atoms with Crippen molar-refractivity contribution >= 4 is 47.9 Å². The molecule has 118 valence electrons. The van der Waals surface area contributed by atoms with E-state index in [9.17, 15) is 0 Å². The van der Waals surface area contributed by atoms with Gasteiger partial charge in [0.05, 0.1) is 0 Å². The molecule has 0 fully saturated rings. The summed E-state index contributed by atoms with van der Waals surface area (Å²) in [5.41, 5.74) is 4.50. The van der Waals surface area contributed by atoms with Crippen LogP contribution in [-0.2, 0) is 26.2 Å². The van der Waals surface area contributed by atoms with Gasteiger partial charge in [0.1, 0.15) is 0 Å². The van der Waals surface area contributed by atoms with Gasteiger partial charge >= 0.3 is 26.2 Å². The van der Waals surface area contributed by atoms with Gasteiger partial charge in [0, 0.05) is 5.71 Å². The van der Waals surface area contributed by atoms with Crippen molar-refractivity contribution in [2.45, 2.75) is 6.42 Å². The Morgan fingerprint density at radius 1 is 1.00 bits per heavy atom. The molecule has 24 heavy (non-hydrogen) atoms. The molecule has 0 amide bonds. The summed E-state index contributed by atoms with van der Waals surface area (Å²) in [5.74, 6) is 0. The molecule has 0 spiro atoms. The van der Waals surface area contributed by atoms with Crippen LogP contribution in [0, 0.1) is 12.1 Å². The van der Waals surface area contributed by atoms with Gasteiger partial charge in [-0.25, -0.2) is 12.2 Å². The summed E-state index contributed by atoms with van der Waals surface area (Å²) in [6, 6.07) is 17.7. The van der Waals surface area contributed by atoms with Crippen LogP contribution < -0.4 is 10.4 Å². The predicted molar refractivity (Wildman–Crippen MR) is 101 cm³/mol. The third-order valence-electron chi connectivity index (χ3n) is 3.69. The van der Waals surface area contributed by atoms with E-state index in [0.717, 1.165) is 23.4 Å². The standard InChI is InChI=1S/C15H8N.C5H5.2ClH.Zr/c1-2-6-11-10(5-1)9-14-15(11)12-7-3-4-8-13(12)16-14;1-2-4-5-3-1;;;/h1-6,8-9H;1-3H,4H2;2*1H;/q2*-1;;;+2. The molecular formula is C20H15Cl2NZr. The molecule has 2 aromatic rings. The average Bonchev–Trinajstić information content (AvgIpc) is 3.24. The van der Waals surface area contributed by atoms with Gasteiger partial charge in [0.2, 0.25) is 0 Å². The van der Waals surface area contributed by atoms with Gasteiger partial charge in [-0.1, -0.05) is 35.1 Å². The second-order valence-electron chi connectivity index (χ2n) is 5.04. The van der Waals surface area contributed by atoms with Gasteiger partial charge in [0.15, 0.2) is 0 Å². The fourth-order valence-electron chi connectivity index (χ4n) is 2.75.